The highest BCUT2D eigenvalue weighted by Gasteiger charge is 2.37. The number of hydrogen-bond acceptors (Lipinski definition) is 3. The maximum Gasteiger partial charge on any atom is 0.255 e. The molecule has 1 heterocycles. The van der Waals surface area contributed by atoms with E-state index in [1.54, 1.807) is 0 Å². The first-order valence-electron chi connectivity index (χ1n) is 6.38. The Morgan fingerprint density at radius 2 is 1.86 bits per heavy atom. The van der Waals surface area contributed by atoms with Crippen molar-refractivity contribution in [3.63, 3.8) is 0 Å². The van der Waals surface area contributed by atoms with Gasteiger partial charge in [0, 0.05) is 12.1 Å². The van der Waals surface area contributed by atoms with E-state index in [9.17, 15) is 22.0 Å². The minimum atomic E-state index is -4.34. The van der Waals surface area contributed by atoms with E-state index in [4.69, 9.17) is 5.14 Å². The molecule has 1 amide bonds. The van der Waals surface area contributed by atoms with E-state index in [0.717, 1.165) is 12.8 Å². The quantitative estimate of drug-likeness (QED) is 0.900. The lowest BCUT2D eigenvalue weighted by atomic mass is 10.0. The predicted molar refractivity (Wildman–Crippen MR) is 72.1 cm³/mol. The van der Waals surface area contributed by atoms with E-state index in [-0.39, 0.29) is 0 Å². The fourth-order valence-corrected chi connectivity index (χ4v) is 3.28. The van der Waals surface area contributed by atoms with Crippen LogP contribution in [0.15, 0.2) is 17.0 Å². The van der Waals surface area contributed by atoms with Crippen LogP contribution in [0.25, 0.3) is 0 Å². The van der Waals surface area contributed by atoms with Crippen LogP contribution in [-0.2, 0) is 10.0 Å². The largest absolute Gasteiger partial charge is 0.333 e. The second-order valence-electron chi connectivity index (χ2n) is 5.68. The Balaban J connectivity index is 2.58. The smallest absolute Gasteiger partial charge is 0.255 e. The number of rotatable bonds is 2. The van der Waals surface area contributed by atoms with Gasteiger partial charge in [-0.3, -0.25) is 4.79 Å². The Morgan fingerprint density at radius 1 is 1.29 bits per heavy atom. The van der Waals surface area contributed by atoms with Crippen LogP contribution in [0.4, 0.5) is 8.78 Å². The highest BCUT2D eigenvalue weighted by atomic mass is 32.2. The fourth-order valence-electron chi connectivity index (χ4n) is 2.56. The van der Waals surface area contributed by atoms with Gasteiger partial charge in [0.25, 0.3) is 5.91 Å². The van der Waals surface area contributed by atoms with Crippen molar-refractivity contribution in [3.05, 3.63) is 29.3 Å². The molecule has 1 aromatic carbocycles. The second kappa shape index (κ2) is 5.03. The summed E-state index contributed by atoms with van der Waals surface area (Å²) in [4.78, 5) is 13.3. The van der Waals surface area contributed by atoms with Crippen molar-refractivity contribution in [1.82, 2.24) is 4.90 Å². The highest BCUT2D eigenvalue weighted by Crippen LogP contribution is 2.31. The Bertz CT molecular complexity index is 702. The van der Waals surface area contributed by atoms with Crippen molar-refractivity contribution >= 4 is 15.9 Å². The molecule has 2 N–H and O–H groups in total. The van der Waals surface area contributed by atoms with Gasteiger partial charge in [0.15, 0.2) is 11.6 Å². The number of likely N-dealkylation sites (tertiary alicyclic amines) is 1. The number of benzene rings is 1. The molecule has 0 spiro atoms. The minimum absolute atomic E-state index is 0.425. The molecular formula is C13H16F2N2O3S. The summed E-state index contributed by atoms with van der Waals surface area (Å²) in [6.07, 6.45) is 1.50. The first kappa shape index (κ1) is 15.8. The van der Waals surface area contributed by atoms with E-state index < -0.39 is 43.6 Å². The summed E-state index contributed by atoms with van der Waals surface area (Å²) in [5, 5.41) is 4.99. The van der Waals surface area contributed by atoms with Gasteiger partial charge in [0.2, 0.25) is 10.0 Å². The number of amides is 1. The lowest BCUT2D eigenvalue weighted by Crippen LogP contribution is -2.43. The average molecular weight is 318 g/mol. The molecule has 0 saturated carbocycles. The number of nitrogens with two attached hydrogens (primary N) is 1. The summed E-state index contributed by atoms with van der Waals surface area (Å²) in [7, 11) is -4.34. The third kappa shape index (κ3) is 2.91. The highest BCUT2D eigenvalue weighted by molar-refractivity contribution is 7.89. The van der Waals surface area contributed by atoms with Crippen LogP contribution in [0.5, 0.6) is 0 Å². The van der Waals surface area contributed by atoms with Gasteiger partial charge in [-0.1, -0.05) is 0 Å². The van der Waals surface area contributed by atoms with Crippen LogP contribution in [0.2, 0.25) is 0 Å². The first-order chi connectivity index (χ1) is 9.54. The van der Waals surface area contributed by atoms with Crippen LogP contribution in [0, 0.1) is 11.6 Å². The fraction of sp³-hybridized carbons (Fsp3) is 0.462. The number of primary sulfonamides is 1. The normalized spacial score (nSPS) is 18.0. The third-order valence-corrected chi connectivity index (χ3v) is 4.66. The summed E-state index contributed by atoms with van der Waals surface area (Å²) in [5.41, 5.74) is -0.913. The topological polar surface area (TPSA) is 80.5 Å². The Labute approximate surface area is 121 Å². The molecule has 0 bridgehead atoms. The lowest BCUT2D eigenvalue weighted by Gasteiger charge is -2.32. The zero-order valence-corrected chi connectivity index (χ0v) is 12.5. The van der Waals surface area contributed by atoms with Crippen molar-refractivity contribution in [3.8, 4) is 0 Å². The van der Waals surface area contributed by atoms with Crippen molar-refractivity contribution in [2.24, 2.45) is 5.14 Å². The van der Waals surface area contributed by atoms with Crippen LogP contribution >= 0.6 is 0 Å². The molecule has 0 aliphatic carbocycles. The van der Waals surface area contributed by atoms with Crippen LogP contribution < -0.4 is 5.14 Å². The number of hydrogen-bond donors (Lipinski definition) is 1. The molecule has 116 valence electrons. The van der Waals surface area contributed by atoms with Gasteiger partial charge >= 0.3 is 0 Å². The van der Waals surface area contributed by atoms with Crippen LogP contribution in [0.3, 0.4) is 0 Å². The van der Waals surface area contributed by atoms with E-state index >= 15 is 0 Å². The molecule has 1 saturated heterocycles. The number of carbonyl (C=O) groups excluding carboxylic acids is 1. The minimum Gasteiger partial charge on any atom is -0.333 e. The Hall–Kier alpha value is -1.54. The second-order valence-corrected chi connectivity index (χ2v) is 7.21. The van der Waals surface area contributed by atoms with Gasteiger partial charge in [-0.25, -0.2) is 22.3 Å². The number of carbonyl (C=O) groups is 1. The molecule has 8 heteroatoms. The molecule has 2 rings (SSSR count). The predicted octanol–water partition coefficient (Wildman–Crippen LogP) is 1.63. The first-order valence-corrected chi connectivity index (χ1v) is 7.92. The summed E-state index contributed by atoms with van der Waals surface area (Å²) < 4.78 is 49.7. The molecule has 0 unspecified atom stereocenters. The Morgan fingerprint density at radius 3 is 2.33 bits per heavy atom. The van der Waals surface area contributed by atoms with E-state index in [1.807, 2.05) is 13.8 Å². The standard InChI is InChI=1S/C13H16F2N2O3S/c1-13(2)4-3-5-17(13)12(18)8-6-9(14)10(15)7-11(8)21(16,19)20/h6-7H,3-5H2,1-2H3,(H2,16,19,20). The van der Waals surface area contributed by atoms with Gasteiger partial charge in [0.05, 0.1) is 10.5 Å². The Kier molecular flexibility index (Phi) is 3.79. The molecular weight excluding hydrogens is 302 g/mol. The monoisotopic (exact) mass is 318 g/mol. The van der Waals surface area contributed by atoms with Gasteiger partial charge in [-0.15, -0.1) is 0 Å². The SMILES string of the molecule is CC1(C)CCCN1C(=O)c1cc(F)c(F)cc1S(N)(=O)=O. The van der Waals surface area contributed by atoms with Crippen molar-refractivity contribution in [1.29, 1.82) is 0 Å². The molecule has 5 nitrogen and oxygen atoms in total. The number of sulfonamides is 1. The average Bonchev–Trinajstić information content (AvgIpc) is 2.69. The van der Waals surface area contributed by atoms with Crippen molar-refractivity contribution in [2.45, 2.75) is 37.1 Å². The third-order valence-electron chi connectivity index (χ3n) is 3.71. The van der Waals surface area contributed by atoms with Gasteiger partial charge in [0.1, 0.15) is 0 Å². The van der Waals surface area contributed by atoms with Crippen LogP contribution in [-0.4, -0.2) is 31.3 Å². The van der Waals surface area contributed by atoms with Crippen molar-refractivity contribution in [2.75, 3.05) is 6.54 Å². The summed E-state index contributed by atoms with van der Waals surface area (Å²) in [6.45, 7) is 4.08. The zero-order valence-electron chi connectivity index (χ0n) is 11.7. The van der Waals surface area contributed by atoms with Crippen molar-refractivity contribution < 1.29 is 22.0 Å². The lowest BCUT2D eigenvalue weighted by molar-refractivity contribution is 0.0647. The van der Waals surface area contributed by atoms with Crippen LogP contribution in [0.1, 0.15) is 37.0 Å². The molecule has 1 aromatic rings. The molecule has 1 aliphatic heterocycles. The maximum atomic E-state index is 13.4. The summed E-state index contributed by atoms with van der Waals surface area (Å²) >= 11 is 0. The van der Waals surface area contributed by atoms with E-state index in [1.165, 1.54) is 4.90 Å². The summed E-state index contributed by atoms with van der Waals surface area (Å²) in [6, 6.07) is 1.03. The molecule has 1 aliphatic rings. The van der Waals surface area contributed by atoms with Gasteiger partial charge in [-0.2, -0.15) is 0 Å². The summed E-state index contributed by atoms with van der Waals surface area (Å²) in [5.74, 6) is -3.32. The molecule has 1 fully saturated rings. The van der Waals surface area contributed by atoms with E-state index in [0.29, 0.717) is 18.7 Å². The van der Waals surface area contributed by atoms with E-state index in [2.05, 4.69) is 0 Å². The molecule has 21 heavy (non-hydrogen) atoms. The van der Waals surface area contributed by atoms with Gasteiger partial charge < -0.3 is 4.90 Å². The molecule has 0 aromatic heterocycles. The number of nitrogens with zero attached hydrogens (tertiary/aromatic N) is 1. The number of halogens is 2. The van der Waals surface area contributed by atoms with Gasteiger partial charge in [-0.05, 0) is 38.8 Å². The zero-order chi connectivity index (χ0) is 16.0. The maximum absolute atomic E-state index is 13.4. The molecule has 0 radical (unpaired) electrons. The molecule has 0 atom stereocenters.